The Hall–Kier alpha value is -1.81. The van der Waals surface area contributed by atoms with Crippen LogP contribution < -0.4 is 5.32 Å². The van der Waals surface area contributed by atoms with E-state index in [0.29, 0.717) is 11.6 Å². The number of hydrogen-bond acceptors (Lipinski definition) is 3. The maximum Gasteiger partial charge on any atom is 0.325 e. The van der Waals surface area contributed by atoms with Gasteiger partial charge in [0.05, 0.1) is 6.26 Å². The third-order valence-corrected chi connectivity index (χ3v) is 3.05. The standard InChI is InChI=1S/C13H13NO3/c15-13(16)12(14-8-5-6-8)10-7-17-11-4-2-1-3-9(10)11/h1-4,7-8,12,14H,5-6H2,(H,15,16). The third kappa shape index (κ3) is 1.91. The van der Waals surface area contributed by atoms with Crippen molar-refractivity contribution in [3.8, 4) is 0 Å². The van der Waals surface area contributed by atoms with Gasteiger partial charge < -0.3 is 9.52 Å². The van der Waals surface area contributed by atoms with Crippen LogP contribution in [0.3, 0.4) is 0 Å². The molecule has 3 rings (SSSR count). The highest BCUT2D eigenvalue weighted by atomic mass is 16.4. The molecule has 0 amide bonds. The van der Waals surface area contributed by atoms with Gasteiger partial charge in [0.25, 0.3) is 0 Å². The fourth-order valence-corrected chi connectivity index (χ4v) is 2.00. The van der Waals surface area contributed by atoms with Gasteiger partial charge in [0.2, 0.25) is 0 Å². The second-order valence-electron chi connectivity index (χ2n) is 4.40. The second kappa shape index (κ2) is 3.89. The molecule has 88 valence electrons. The fraction of sp³-hybridized carbons (Fsp3) is 0.308. The number of aliphatic carboxylic acids is 1. The number of hydrogen-bond donors (Lipinski definition) is 2. The van der Waals surface area contributed by atoms with Crippen LogP contribution in [0.25, 0.3) is 11.0 Å². The van der Waals surface area contributed by atoms with Crippen molar-refractivity contribution in [1.29, 1.82) is 0 Å². The molecule has 17 heavy (non-hydrogen) atoms. The van der Waals surface area contributed by atoms with E-state index in [-0.39, 0.29) is 0 Å². The summed E-state index contributed by atoms with van der Waals surface area (Å²) in [6.45, 7) is 0. The van der Waals surface area contributed by atoms with E-state index < -0.39 is 12.0 Å². The van der Waals surface area contributed by atoms with Crippen molar-refractivity contribution in [2.75, 3.05) is 0 Å². The quantitative estimate of drug-likeness (QED) is 0.847. The molecule has 4 heteroatoms. The van der Waals surface area contributed by atoms with Crippen molar-refractivity contribution in [3.63, 3.8) is 0 Å². The number of carboxylic acids is 1. The molecule has 2 aromatic rings. The van der Waals surface area contributed by atoms with E-state index in [4.69, 9.17) is 4.42 Å². The molecule has 2 N–H and O–H groups in total. The summed E-state index contributed by atoms with van der Waals surface area (Å²) in [5, 5.41) is 13.3. The van der Waals surface area contributed by atoms with Crippen LogP contribution >= 0.6 is 0 Å². The van der Waals surface area contributed by atoms with Crippen molar-refractivity contribution >= 4 is 16.9 Å². The van der Waals surface area contributed by atoms with Gasteiger partial charge in [-0.15, -0.1) is 0 Å². The van der Waals surface area contributed by atoms with Crippen LogP contribution in [0.5, 0.6) is 0 Å². The Kier molecular flexibility index (Phi) is 2.37. The molecule has 1 fully saturated rings. The van der Waals surface area contributed by atoms with Crippen LogP contribution in [-0.4, -0.2) is 17.1 Å². The highest BCUT2D eigenvalue weighted by Crippen LogP contribution is 2.30. The zero-order chi connectivity index (χ0) is 11.8. The lowest BCUT2D eigenvalue weighted by Crippen LogP contribution is -2.29. The zero-order valence-corrected chi connectivity index (χ0v) is 9.22. The molecule has 0 radical (unpaired) electrons. The normalized spacial score (nSPS) is 17.2. The van der Waals surface area contributed by atoms with Crippen LogP contribution in [0.15, 0.2) is 34.9 Å². The van der Waals surface area contributed by atoms with E-state index in [1.165, 1.54) is 0 Å². The highest BCUT2D eigenvalue weighted by Gasteiger charge is 2.31. The Bertz CT molecular complexity index is 557. The van der Waals surface area contributed by atoms with E-state index in [2.05, 4.69) is 5.32 Å². The number of furan rings is 1. The van der Waals surface area contributed by atoms with Crippen LogP contribution in [-0.2, 0) is 4.79 Å². The number of carboxylic acid groups (broad SMARTS) is 1. The van der Waals surface area contributed by atoms with E-state index >= 15 is 0 Å². The molecule has 0 saturated heterocycles. The number of fused-ring (bicyclic) bond motifs is 1. The van der Waals surface area contributed by atoms with Crippen molar-refractivity contribution in [3.05, 3.63) is 36.1 Å². The Morgan fingerprint density at radius 3 is 2.88 bits per heavy atom. The average molecular weight is 231 g/mol. The number of para-hydroxylation sites is 1. The number of rotatable bonds is 4. The Morgan fingerprint density at radius 2 is 2.18 bits per heavy atom. The third-order valence-electron chi connectivity index (χ3n) is 3.05. The number of nitrogens with one attached hydrogen (secondary N) is 1. The average Bonchev–Trinajstić information content (AvgIpc) is 3.05. The molecular weight excluding hydrogens is 218 g/mol. The van der Waals surface area contributed by atoms with Gasteiger partial charge in [0.1, 0.15) is 11.6 Å². The minimum Gasteiger partial charge on any atom is -0.480 e. The Morgan fingerprint density at radius 1 is 1.41 bits per heavy atom. The van der Waals surface area contributed by atoms with Gasteiger partial charge in [0.15, 0.2) is 0 Å². The summed E-state index contributed by atoms with van der Waals surface area (Å²) in [5.41, 5.74) is 1.44. The van der Waals surface area contributed by atoms with Crippen LogP contribution in [0.2, 0.25) is 0 Å². The summed E-state index contributed by atoms with van der Waals surface area (Å²) >= 11 is 0. The van der Waals surface area contributed by atoms with Gasteiger partial charge in [0, 0.05) is 17.0 Å². The molecule has 4 nitrogen and oxygen atoms in total. The van der Waals surface area contributed by atoms with E-state index in [0.717, 1.165) is 23.8 Å². The Balaban J connectivity index is 2.01. The second-order valence-corrected chi connectivity index (χ2v) is 4.40. The fourth-order valence-electron chi connectivity index (χ4n) is 2.00. The molecule has 1 aliphatic rings. The summed E-state index contributed by atoms with van der Waals surface area (Å²) in [7, 11) is 0. The van der Waals surface area contributed by atoms with Gasteiger partial charge >= 0.3 is 5.97 Å². The summed E-state index contributed by atoms with van der Waals surface area (Å²) in [6.07, 6.45) is 3.65. The van der Waals surface area contributed by atoms with Gasteiger partial charge in [-0.05, 0) is 18.9 Å². The monoisotopic (exact) mass is 231 g/mol. The smallest absolute Gasteiger partial charge is 0.325 e. The van der Waals surface area contributed by atoms with E-state index in [1.807, 2.05) is 24.3 Å². The zero-order valence-electron chi connectivity index (χ0n) is 9.22. The lowest BCUT2D eigenvalue weighted by Gasteiger charge is -2.12. The summed E-state index contributed by atoms with van der Waals surface area (Å²) in [5.74, 6) is -0.858. The van der Waals surface area contributed by atoms with Gasteiger partial charge in [-0.1, -0.05) is 18.2 Å². The first-order chi connectivity index (χ1) is 8.25. The van der Waals surface area contributed by atoms with Crippen molar-refractivity contribution in [2.24, 2.45) is 0 Å². The van der Waals surface area contributed by atoms with Crippen molar-refractivity contribution < 1.29 is 14.3 Å². The van der Waals surface area contributed by atoms with Gasteiger partial charge in [-0.25, -0.2) is 0 Å². The molecule has 1 aliphatic carbocycles. The molecule has 0 spiro atoms. The molecule has 1 saturated carbocycles. The molecule has 0 bridgehead atoms. The summed E-state index contributed by atoms with van der Waals surface area (Å²) < 4.78 is 5.38. The first kappa shape index (κ1) is 10.4. The largest absolute Gasteiger partial charge is 0.480 e. The molecular formula is C13H13NO3. The first-order valence-corrected chi connectivity index (χ1v) is 5.70. The molecule has 1 atom stereocenters. The molecule has 1 heterocycles. The molecule has 1 unspecified atom stereocenters. The molecule has 1 aromatic carbocycles. The van der Waals surface area contributed by atoms with E-state index in [9.17, 15) is 9.90 Å². The van der Waals surface area contributed by atoms with Gasteiger partial charge in [-0.2, -0.15) is 0 Å². The SMILES string of the molecule is O=C(O)C(NC1CC1)c1coc2ccccc12. The topological polar surface area (TPSA) is 62.5 Å². The lowest BCUT2D eigenvalue weighted by molar-refractivity contribution is -0.139. The molecule has 1 aromatic heterocycles. The maximum absolute atomic E-state index is 11.3. The first-order valence-electron chi connectivity index (χ1n) is 5.70. The summed E-state index contributed by atoms with van der Waals surface area (Å²) in [4.78, 5) is 11.3. The highest BCUT2D eigenvalue weighted by molar-refractivity contribution is 5.87. The van der Waals surface area contributed by atoms with Crippen molar-refractivity contribution in [2.45, 2.75) is 24.9 Å². The lowest BCUT2D eigenvalue weighted by atomic mass is 10.1. The predicted molar refractivity (Wildman–Crippen MR) is 62.7 cm³/mol. The minimum atomic E-state index is -0.858. The maximum atomic E-state index is 11.3. The Labute approximate surface area is 98.2 Å². The molecule has 0 aliphatic heterocycles. The van der Waals surface area contributed by atoms with Gasteiger partial charge in [-0.3, -0.25) is 10.1 Å². The van der Waals surface area contributed by atoms with Crippen LogP contribution in [0.4, 0.5) is 0 Å². The number of benzene rings is 1. The minimum absolute atomic E-state index is 0.338. The van der Waals surface area contributed by atoms with Crippen molar-refractivity contribution in [1.82, 2.24) is 5.32 Å². The van der Waals surface area contributed by atoms with E-state index in [1.54, 1.807) is 6.26 Å². The van der Waals surface area contributed by atoms with Crippen LogP contribution in [0.1, 0.15) is 24.4 Å². The van der Waals surface area contributed by atoms with Crippen LogP contribution in [0, 0.1) is 0 Å². The summed E-state index contributed by atoms with van der Waals surface area (Å²) in [6, 6.07) is 7.15. The predicted octanol–water partition coefficient (Wildman–Crippen LogP) is 2.31. The number of carbonyl (C=O) groups is 1.